The van der Waals surface area contributed by atoms with Gasteiger partial charge in [-0.05, 0) is 72.5 Å². The van der Waals surface area contributed by atoms with Gasteiger partial charge in [0.15, 0.2) is 18.1 Å². The van der Waals surface area contributed by atoms with Crippen LogP contribution in [0, 0.1) is 5.82 Å². The first-order valence-corrected chi connectivity index (χ1v) is 15.6. The first-order chi connectivity index (χ1) is 22.9. The quantitative estimate of drug-likeness (QED) is 0.338. The number of ether oxygens (including phenoxy) is 4. The van der Waals surface area contributed by atoms with Gasteiger partial charge in [0.25, 0.3) is 5.91 Å². The van der Waals surface area contributed by atoms with Crippen molar-refractivity contribution in [1.29, 1.82) is 0 Å². The molecule has 4 heterocycles. The van der Waals surface area contributed by atoms with Crippen LogP contribution in [0.3, 0.4) is 0 Å². The minimum absolute atomic E-state index is 0.104. The predicted molar refractivity (Wildman–Crippen MR) is 171 cm³/mol. The van der Waals surface area contributed by atoms with Gasteiger partial charge in [0.2, 0.25) is 5.91 Å². The summed E-state index contributed by atoms with van der Waals surface area (Å²) in [5, 5.41) is 10.4. The van der Waals surface area contributed by atoms with Crippen molar-refractivity contribution < 1.29 is 32.9 Å². The van der Waals surface area contributed by atoms with E-state index < -0.39 is 6.04 Å². The number of methoxy groups -OCH3 is 2. The smallest absolute Gasteiger partial charge is 0.258 e. The monoisotopic (exact) mass is 643 g/mol. The molecule has 0 radical (unpaired) electrons. The number of carbonyl (C=O) groups excluding carboxylic acids is 2. The third-order valence-electron chi connectivity index (χ3n) is 8.42. The fourth-order valence-corrected chi connectivity index (χ4v) is 6.02. The molecule has 11 nitrogen and oxygen atoms in total. The van der Waals surface area contributed by atoms with Gasteiger partial charge in [-0.25, -0.2) is 9.07 Å². The minimum Gasteiger partial charge on any atom is -0.496 e. The number of likely N-dealkylation sites (tertiary alicyclic amines) is 1. The molecule has 2 N–H and O–H groups in total. The van der Waals surface area contributed by atoms with E-state index in [1.807, 2.05) is 30.5 Å². The number of rotatable bonds is 5. The first-order valence-electron chi connectivity index (χ1n) is 15.6. The summed E-state index contributed by atoms with van der Waals surface area (Å²) < 4.78 is 39.6. The van der Waals surface area contributed by atoms with Gasteiger partial charge in [0.1, 0.15) is 23.4 Å². The van der Waals surface area contributed by atoms with Gasteiger partial charge in [-0.1, -0.05) is 6.07 Å². The zero-order chi connectivity index (χ0) is 32.8. The van der Waals surface area contributed by atoms with Gasteiger partial charge in [-0.2, -0.15) is 5.10 Å². The second-order valence-corrected chi connectivity index (χ2v) is 11.6. The number of piperidine rings is 1. The Morgan fingerprint density at radius 1 is 1.00 bits per heavy atom. The fourth-order valence-electron chi connectivity index (χ4n) is 6.02. The minimum atomic E-state index is -0.415. The second-order valence-electron chi connectivity index (χ2n) is 11.6. The topological polar surface area (TPSA) is 116 Å². The molecule has 1 fully saturated rings. The van der Waals surface area contributed by atoms with Crippen LogP contribution in [0.25, 0.3) is 5.69 Å². The van der Waals surface area contributed by atoms with Crippen LogP contribution in [0.1, 0.15) is 29.5 Å². The van der Waals surface area contributed by atoms with E-state index in [4.69, 9.17) is 18.9 Å². The Morgan fingerprint density at radius 2 is 1.87 bits per heavy atom. The molecule has 0 saturated carbocycles. The van der Waals surface area contributed by atoms with Gasteiger partial charge in [0.05, 0.1) is 25.9 Å². The number of fused-ring (bicyclic) bond motifs is 9. The van der Waals surface area contributed by atoms with Crippen molar-refractivity contribution >= 4 is 11.8 Å². The molecular formula is C35H38FN5O6. The van der Waals surface area contributed by atoms with Crippen LogP contribution in [0.15, 0.2) is 73.1 Å². The molecule has 12 heteroatoms. The highest BCUT2D eigenvalue weighted by Crippen LogP contribution is 2.30. The van der Waals surface area contributed by atoms with E-state index in [1.165, 1.54) is 19.2 Å². The maximum Gasteiger partial charge on any atom is 0.258 e. The maximum absolute atomic E-state index is 14.4. The van der Waals surface area contributed by atoms with E-state index in [1.54, 1.807) is 42.3 Å². The molecule has 0 aliphatic carbocycles. The lowest BCUT2D eigenvalue weighted by atomic mass is 10.0. The molecule has 3 aliphatic heterocycles. The van der Waals surface area contributed by atoms with Crippen LogP contribution >= 0.6 is 0 Å². The molecule has 3 aliphatic rings. The number of carbonyl (C=O) groups is 2. The second kappa shape index (κ2) is 14.5. The van der Waals surface area contributed by atoms with E-state index in [-0.39, 0.29) is 36.8 Å². The average molecular weight is 644 g/mol. The van der Waals surface area contributed by atoms with Crippen LogP contribution in [0.2, 0.25) is 0 Å². The molecule has 4 aromatic rings. The molecular weight excluding hydrogens is 605 g/mol. The Morgan fingerprint density at radius 3 is 2.68 bits per heavy atom. The molecule has 3 aromatic carbocycles. The number of amides is 2. The Bertz CT molecular complexity index is 1710. The van der Waals surface area contributed by atoms with Crippen molar-refractivity contribution in [2.75, 3.05) is 33.9 Å². The number of hydrogen-bond donors (Lipinski definition) is 2. The van der Waals surface area contributed by atoms with Crippen LogP contribution in [-0.4, -0.2) is 72.6 Å². The van der Waals surface area contributed by atoms with Crippen molar-refractivity contribution in [3.05, 3.63) is 95.6 Å². The van der Waals surface area contributed by atoms with Gasteiger partial charge >= 0.3 is 0 Å². The summed E-state index contributed by atoms with van der Waals surface area (Å²) in [7, 11) is 3.11. The van der Waals surface area contributed by atoms with Gasteiger partial charge in [0, 0.05) is 56.6 Å². The molecule has 47 heavy (non-hydrogen) atoms. The number of benzene rings is 3. The summed E-state index contributed by atoms with van der Waals surface area (Å²) in [6.07, 6.45) is 4.48. The Labute approximate surface area is 272 Å². The molecule has 246 valence electrons. The third-order valence-corrected chi connectivity index (χ3v) is 8.42. The summed E-state index contributed by atoms with van der Waals surface area (Å²) in [4.78, 5) is 28.2. The molecule has 7 rings (SSSR count). The van der Waals surface area contributed by atoms with Gasteiger partial charge < -0.3 is 29.6 Å². The highest BCUT2D eigenvalue weighted by Gasteiger charge is 2.33. The largest absolute Gasteiger partial charge is 0.496 e. The summed E-state index contributed by atoms with van der Waals surface area (Å²) in [6.45, 7) is 1.59. The highest BCUT2D eigenvalue weighted by molar-refractivity contribution is 5.78. The lowest BCUT2D eigenvalue weighted by Crippen LogP contribution is -2.57. The zero-order valence-electron chi connectivity index (χ0n) is 26.4. The van der Waals surface area contributed by atoms with Gasteiger partial charge in [-0.3, -0.25) is 14.5 Å². The number of nitrogens with zero attached hydrogens (tertiary/aromatic N) is 3. The van der Waals surface area contributed by atoms with E-state index in [0.29, 0.717) is 62.0 Å². The summed E-state index contributed by atoms with van der Waals surface area (Å²) in [5.41, 5.74) is 3.25. The summed E-state index contributed by atoms with van der Waals surface area (Å²) in [5.74, 6) is 1.30. The lowest BCUT2D eigenvalue weighted by Gasteiger charge is -2.39. The van der Waals surface area contributed by atoms with Gasteiger partial charge in [-0.15, -0.1) is 0 Å². The Kier molecular flexibility index (Phi) is 9.86. The molecule has 4 bridgehead atoms. The van der Waals surface area contributed by atoms with Crippen molar-refractivity contribution in [2.24, 2.45) is 0 Å². The van der Waals surface area contributed by atoms with Crippen molar-refractivity contribution in [3.63, 3.8) is 0 Å². The average Bonchev–Trinajstić information content (AvgIpc) is 3.61. The molecule has 2 atom stereocenters. The van der Waals surface area contributed by atoms with Crippen molar-refractivity contribution in [2.45, 2.75) is 44.5 Å². The third kappa shape index (κ3) is 7.83. The van der Waals surface area contributed by atoms with Crippen LogP contribution in [-0.2, 0) is 29.1 Å². The van der Waals surface area contributed by atoms with Crippen LogP contribution in [0.4, 0.5) is 4.39 Å². The van der Waals surface area contributed by atoms with E-state index in [2.05, 4.69) is 20.6 Å². The Balaban J connectivity index is 1.26. The zero-order valence-corrected chi connectivity index (χ0v) is 26.4. The molecule has 1 saturated heterocycles. The first kappa shape index (κ1) is 31.9. The number of aryl methyl sites for hydroxylation is 1. The number of halogens is 1. The van der Waals surface area contributed by atoms with Crippen molar-refractivity contribution in [1.82, 2.24) is 25.3 Å². The molecule has 0 spiro atoms. The summed E-state index contributed by atoms with van der Waals surface area (Å²) in [6, 6.07) is 17.0. The normalized spacial score (nSPS) is 19.1. The number of nitrogens with one attached hydrogen (secondary N) is 2. The predicted octanol–water partition coefficient (Wildman–Crippen LogP) is 3.81. The molecule has 2 amide bonds. The van der Waals surface area contributed by atoms with E-state index in [9.17, 15) is 14.0 Å². The fraction of sp³-hybridized carbons (Fsp3) is 0.343. The van der Waals surface area contributed by atoms with Crippen LogP contribution < -0.4 is 29.6 Å². The van der Waals surface area contributed by atoms with Crippen LogP contribution in [0.5, 0.6) is 23.0 Å². The lowest BCUT2D eigenvalue weighted by molar-refractivity contribution is -0.125. The summed E-state index contributed by atoms with van der Waals surface area (Å²) >= 11 is 0. The molecule has 1 aromatic heterocycles. The van der Waals surface area contributed by atoms with Crippen molar-refractivity contribution in [3.8, 4) is 28.7 Å². The number of aromatic nitrogens is 2. The maximum atomic E-state index is 14.4. The SMILES string of the molecule is COc1cc2ccc1CNC(=O)CCc1ccc(OC)c(c1)OCC(=O)N[C@@H]1CN(Cc3cc(F)ccc3-n3cccn3)CC[C@@H]1O2. The molecule has 0 unspecified atom stereocenters. The Hall–Kier alpha value is -5.10. The van der Waals surface area contributed by atoms with E-state index >= 15 is 0 Å². The highest BCUT2D eigenvalue weighted by atomic mass is 19.1. The number of hydrogen-bond acceptors (Lipinski definition) is 8. The van der Waals surface area contributed by atoms with E-state index in [0.717, 1.165) is 22.4 Å². The standard InChI is InChI=1S/C35H38FN5O6/c1-44-31-10-4-23-5-11-34(42)37-19-24-6-8-27(18-32(24)45-2)47-30-12-15-40(21-28(30)39-35(43)22-46-33(31)16-23)20-25-17-26(36)7-9-29(25)41-14-3-13-38-41/h3-4,6-10,13-14,16-18,28,30H,5,11-12,15,19-22H2,1-2H3,(H,37,42)(H,39,43)/t28-,30+/m1/s1.